The normalized spacial score (nSPS) is 21.6. The Bertz CT molecular complexity index is 2580. The summed E-state index contributed by atoms with van der Waals surface area (Å²) in [5, 5.41) is 4.95. The van der Waals surface area contributed by atoms with Crippen LogP contribution in [0.1, 0.15) is 98.4 Å². The number of hydrogen-bond donors (Lipinski definition) is 2. The summed E-state index contributed by atoms with van der Waals surface area (Å²) >= 11 is 6.80. The summed E-state index contributed by atoms with van der Waals surface area (Å²) in [7, 11) is -3.95. The van der Waals surface area contributed by atoms with E-state index < -0.39 is 57.6 Å². The highest BCUT2D eigenvalue weighted by atomic mass is 35.5. The fraction of sp³-hybridized carbons (Fsp3) is 0.500. The number of pyridine rings is 1. The number of sulfonamides is 1. The molecule has 8 rings (SSSR count). The maximum Gasteiger partial charge on any atom is 0.268 e. The number of likely N-dealkylation sites (tertiary alicyclic amines) is 1. The first-order valence-corrected chi connectivity index (χ1v) is 21.9. The van der Waals surface area contributed by atoms with Crippen LogP contribution in [0.2, 0.25) is 5.02 Å². The van der Waals surface area contributed by atoms with Crippen molar-refractivity contribution in [2.24, 2.45) is 5.73 Å². The molecule has 5 aromatic rings. The van der Waals surface area contributed by atoms with Crippen LogP contribution in [0.15, 0.2) is 41.2 Å². The number of hydrogen-bond acceptors (Lipinski definition) is 8. The van der Waals surface area contributed by atoms with E-state index in [0.29, 0.717) is 17.3 Å². The molecule has 4 atom stereocenters. The lowest BCUT2D eigenvalue weighted by Crippen LogP contribution is -2.44. The molecule has 3 aliphatic rings. The minimum atomic E-state index is -3.95. The molecule has 2 saturated carbocycles. The number of alkyl halides is 4. The lowest BCUT2D eigenvalue weighted by Gasteiger charge is -2.33. The molecule has 0 amide bonds. The first-order valence-electron chi connectivity index (χ1n) is 19.6. The van der Waals surface area contributed by atoms with Crippen molar-refractivity contribution in [3.8, 4) is 5.69 Å². The summed E-state index contributed by atoms with van der Waals surface area (Å²) in [5.41, 5.74) is 7.92. The average Bonchev–Trinajstić information content (AvgIpc) is 3.91. The zero-order valence-electron chi connectivity index (χ0n) is 32.2. The van der Waals surface area contributed by atoms with Crippen LogP contribution in [0.4, 0.5) is 32.2 Å². The van der Waals surface area contributed by atoms with Crippen LogP contribution in [0.3, 0.4) is 0 Å². The van der Waals surface area contributed by atoms with Crippen LogP contribution in [0, 0.1) is 11.6 Å². The fourth-order valence-electron chi connectivity index (χ4n) is 8.69. The number of nitrogens with two attached hydrogens (primary N) is 1. The van der Waals surface area contributed by atoms with Gasteiger partial charge >= 0.3 is 0 Å². The van der Waals surface area contributed by atoms with Gasteiger partial charge in [-0.25, -0.2) is 44.7 Å². The third-order valence-corrected chi connectivity index (χ3v) is 12.3. The van der Waals surface area contributed by atoms with Crippen molar-refractivity contribution < 1.29 is 34.8 Å². The number of nitrogens with one attached hydrogen (secondary N) is 1. The van der Waals surface area contributed by atoms with Crippen LogP contribution < -0.4 is 16.0 Å². The van der Waals surface area contributed by atoms with E-state index in [1.165, 1.54) is 21.4 Å². The van der Waals surface area contributed by atoms with Gasteiger partial charge in [-0.3, -0.25) is 23.7 Å². The molecule has 0 bridgehead atoms. The van der Waals surface area contributed by atoms with Crippen LogP contribution >= 0.6 is 11.6 Å². The topological polar surface area (TPSA) is 141 Å². The third-order valence-electron chi connectivity index (χ3n) is 11.4. The number of nitrogens with zero attached hydrogens (tertiary/aromatic N) is 6. The third kappa shape index (κ3) is 8.68. The van der Waals surface area contributed by atoms with Gasteiger partial charge in [-0.15, -0.1) is 0 Å². The number of benzene rings is 2. The molecule has 2 aliphatic carbocycles. The Labute approximate surface area is 341 Å². The first kappa shape index (κ1) is 41.5. The number of halogens is 7. The second-order valence-corrected chi connectivity index (χ2v) is 18.5. The maximum atomic E-state index is 15.3. The van der Waals surface area contributed by atoms with Crippen molar-refractivity contribution in [1.82, 2.24) is 29.2 Å². The van der Waals surface area contributed by atoms with Gasteiger partial charge < -0.3 is 5.73 Å². The van der Waals surface area contributed by atoms with E-state index >= 15 is 4.79 Å². The molecule has 4 heterocycles. The standard InChI is InChI=1S/C40H43ClF6N8O3S/c1-20(17-53-18-26(44)15-27(45)19-53)55-35-32(6-5-29(41)34(35)37(51-55)52-59(2,57)58)54-38(30(48)13-21-11-24(42)14-25(43)12-21)50-36-33(39(54)56)28(22-3-4-22)16-31(49-36)23-7-9-40(46,47)10-8-23/h5-6,11-12,14,16,20,22-23,26-27,30H,3-4,7-10,13,15,17-19,48H2,1-2H3,(H,51,52)/t20-,26-,27+,30-/m0/s1. The van der Waals surface area contributed by atoms with Gasteiger partial charge in [-0.1, -0.05) is 11.6 Å². The monoisotopic (exact) mass is 864 g/mol. The van der Waals surface area contributed by atoms with Crippen molar-refractivity contribution in [2.45, 2.75) is 100 Å². The molecule has 316 valence electrons. The van der Waals surface area contributed by atoms with Gasteiger partial charge in [0, 0.05) is 56.6 Å². The molecule has 1 aliphatic heterocycles. The van der Waals surface area contributed by atoms with E-state index in [1.807, 2.05) is 6.07 Å². The summed E-state index contributed by atoms with van der Waals surface area (Å²) in [5.74, 6) is -5.05. The van der Waals surface area contributed by atoms with Gasteiger partial charge in [-0.2, -0.15) is 5.10 Å². The van der Waals surface area contributed by atoms with Crippen LogP contribution in [0.5, 0.6) is 0 Å². The molecular weight excluding hydrogens is 822 g/mol. The van der Waals surface area contributed by atoms with Crippen molar-refractivity contribution >= 4 is 49.4 Å². The highest BCUT2D eigenvalue weighted by Crippen LogP contribution is 2.46. The minimum Gasteiger partial charge on any atom is -0.321 e. The Morgan fingerprint density at radius 2 is 1.63 bits per heavy atom. The van der Waals surface area contributed by atoms with Crippen LogP contribution in [-0.4, -0.2) is 81.8 Å². The van der Waals surface area contributed by atoms with E-state index in [1.54, 1.807) is 11.8 Å². The molecule has 0 spiro atoms. The second kappa shape index (κ2) is 15.6. The molecule has 3 N–H and O–H groups in total. The molecule has 0 unspecified atom stereocenters. The van der Waals surface area contributed by atoms with Crippen molar-refractivity contribution in [3.63, 3.8) is 0 Å². The molecule has 11 nitrogen and oxygen atoms in total. The molecular formula is C40H43ClF6N8O3S. The van der Waals surface area contributed by atoms with Gasteiger partial charge in [0.2, 0.25) is 15.9 Å². The Morgan fingerprint density at radius 3 is 2.25 bits per heavy atom. The predicted molar refractivity (Wildman–Crippen MR) is 213 cm³/mol. The van der Waals surface area contributed by atoms with E-state index in [4.69, 9.17) is 27.3 Å². The number of piperidine rings is 1. The molecule has 0 radical (unpaired) electrons. The molecule has 59 heavy (non-hydrogen) atoms. The van der Waals surface area contributed by atoms with Crippen LogP contribution in [0.25, 0.3) is 27.6 Å². The number of fused-ring (bicyclic) bond motifs is 2. The Hall–Kier alpha value is -4.26. The van der Waals surface area contributed by atoms with Gasteiger partial charge in [0.05, 0.1) is 45.3 Å². The summed E-state index contributed by atoms with van der Waals surface area (Å²) in [6, 6.07) is 5.81. The number of rotatable bonds is 11. The fourth-order valence-corrected chi connectivity index (χ4v) is 9.43. The van der Waals surface area contributed by atoms with E-state index in [0.717, 1.165) is 31.2 Å². The Kier molecular flexibility index (Phi) is 11.0. The zero-order chi connectivity index (χ0) is 42.1. The van der Waals surface area contributed by atoms with Gasteiger partial charge in [0.25, 0.3) is 5.56 Å². The smallest absolute Gasteiger partial charge is 0.268 e. The quantitative estimate of drug-likeness (QED) is 0.128. The molecule has 2 aromatic carbocycles. The van der Waals surface area contributed by atoms with Gasteiger partial charge in [0.15, 0.2) is 11.5 Å². The largest absolute Gasteiger partial charge is 0.321 e. The molecule has 3 aromatic heterocycles. The van der Waals surface area contributed by atoms with E-state index in [9.17, 15) is 34.8 Å². The highest BCUT2D eigenvalue weighted by molar-refractivity contribution is 7.92. The van der Waals surface area contributed by atoms with Gasteiger partial charge in [0.1, 0.15) is 29.8 Å². The summed E-state index contributed by atoms with van der Waals surface area (Å²) < 4.78 is 117. The maximum absolute atomic E-state index is 15.3. The molecule has 3 fully saturated rings. The summed E-state index contributed by atoms with van der Waals surface area (Å²) in [6.07, 6.45) is -1.01. The SMILES string of the molecule is C[C@@H](CN1C[C@H](F)C[C@H](F)C1)n1nc(NS(C)(=O)=O)c2c(Cl)ccc(-n3c([C@@H](N)Cc4cc(F)cc(F)c4)nc4nc(C5CCC(F)(F)CC5)cc(C5CC5)c4c3=O)c21. The van der Waals surface area contributed by atoms with E-state index in [-0.39, 0.29) is 120 Å². The van der Waals surface area contributed by atoms with Crippen molar-refractivity contribution in [1.29, 1.82) is 0 Å². The summed E-state index contributed by atoms with van der Waals surface area (Å²) in [4.78, 5) is 26.6. The lowest BCUT2D eigenvalue weighted by atomic mass is 9.84. The van der Waals surface area contributed by atoms with Crippen molar-refractivity contribution in [3.05, 3.63) is 86.1 Å². The zero-order valence-corrected chi connectivity index (χ0v) is 33.8. The second-order valence-electron chi connectivity index (χ2n) is 16.4. The molecule has 19 heteroatoms. The average molecular weight is 865 g/mol. The lowest BCUT2D eigenvalue weighted by molar-refractivity contribution is -0.0384. The summed E-state index contributed by atoms with van der Waals surface area (Å²) in [6.45, 7) is 1.72. The predicted octanol–water partition coefficient (Wildman–Crippen LogP) is 7.79. The van der Waals surface area contributed by atoms with Gasteiger partial charge in [-0.05, 0) is 86.4 Å². The van der Waals surface area contributed by atoms with Crippen molar-refractivity contribution in [2.75, 3.05) is 30.6 Å². The first-order chi connectivity index (χ1) is 27.8. The molecule has 1 saturated heterocycles. The minimum absolute atomic E-state index is 0.0356. The number of aromatic nitrogens is 5. The van der Waals surface area contributed by atoms with Crippen LogP contribution in [-0.2, 0) is 16.4 Å². The Morgan fingerprint density at radius 1 is 0.966 bits per heavy atom. The number of anilines is 1. The highest BCUT2D eigenvalue weighted by Gasteiger charge is 2.38. The Balaban J connectivity index is 1.37. The van der Waals surface area contributed by atoms with E-state index in [2.05, 4.69) is 9.82 Å².